The van der Waals surface area contributed by atoms with E-state index in [9.17, 15) is 5.21 Å². The van der Waals surface area contributed by atoms with Crippen LogP contribution in [0.1, 0.15) is 49.9 Å². The van der Waals surface area contributed by atoms with Crippen molar-refractivity contribution in [2.75, 3.05) is 0 Å². The monoisotopic (exact) mass is 279 g/mol. The summed E-state index contributed by atoms with van der Waals surface area (Å²) in [6.07, 6.45) is 6.73. The van der Waals surface area contributed by atoms with Crippen LogP contribution in [0.2, 0.25) is 0 Å². The van der Waals surface area contributed by atoms with Crippen molar-refractivity contribution in [3.8, 4) is 0 Å². The van der Waals surface area contributed by atoms with Crippen LogP contribution in [0, 0.1) is 13.8 Å². The van der Waals surface area contributed by atoms with E-state index in [-0.39, 0.29) is 5.25 Å². The Morgan fingerprint density at radius 3 is 2.53 bits per heavy atom. The Labute approximate surface area is 118 Å². The standard InChI is InChI=1S/C14H21N3OS/c1-10-9-11(2)16-14(15-10)19-13-8-6-4-3-5-7-12(13)17-18/h9,13,18H,3-8H2,1-2H3. The van der Waals surface area contributed by atoms with Crippen LogP contribution in [-0.2, 0) is 0 Å². The summed E-state index contributed by atoms with van der Waals surface area (Å²) in [6.45, 7) is 3.97. The number of oxime groups is 1. The van der Waals surface area contributed by atoms with E-state index in [1.54, 1.807) is 11.8 Å². The molecular weight excluding hydrogens is 258 g/mol. The van der Waals surface area contributed by atoms with Crippen molar-refractivity contribution in [2.24, 2.45) is 5.16 Å². The van der Waals surface area contributed by atoms with Gasteiger partial charge in [0.15, 0.2) is 5.16 Å². The van der Waals surface area contributed by atoms with Gasteiger partial charge in [-0.2, -0.15) is 0 Å². The number of rotatable bonds is 2. The Balaban J connectivity index is 2.13. The minimum Gasteiger partial charge on any atom is -0.411 e. The van der Waals surface area contributed by atoms with Gasteiger partial charge in [0.25, 0.3) is 0 Å². The lowest BCUT2D eigenvalue weighted by atomic mass is 9.99. The highest BCUT2D eigenvalue weighted by Crippen LogP contribution is 2.29. The van der Waals surface area contributed by atoms with Crippen LogP contribution < -0.4 is 0 Å². The van der Waals surface area contributed by atoms with Crippen LogP contribution in [-0.4, -0.2) is 26.1 Å². The van der Waals surface area contributed by atoms with Gasteiger partial charge < -0.3 is 5.21 Å². The van der Waals surface area contributed by atoms with E-state index in [2.05, 4.69) is 15.1 Å². The minimum absolute atomic E-state index is 0.214. The molecule has 2 rings (SSSR count). The molecule has 5 heteroatoms. The van der Waals surface area contributed by atoms with Crippen LogP contribution >= 0.6 is 11.8 Å². The maximum absolute atomic E-state index is 9.20. The zero-order valence-corrected chi connectivity index (χ0v) is 12.4. The Bertz CT molecular complexity index is 442. The number of hydrogen-bond acceptors (Lipinski definition) is 5. The third-order valence-electron chi connectivity index (χ3n) is 3.36. The van der Waals surface area contributed by atoms with Gasteiger partial charge in [-0.15, -0.1) is 0 Å². The van der Waals surface area contributed by atoms with E-state index in [1.807, 2.05) is 19.9 Å². The van der Waals surface area contributed by atoms with Gasteiger partial charge in [0.1, 0.15) is 0 Å². The van der Waals surface area contributed by atoms with E-state index < -0.39 is 0 Å². The van der Waals surface area contributed by atoms with E-state index >= 15 is 0 Å². The maximum atomic E-state index is 9.20. The fraction of sp³-hybridized carbons (Fsp3) is 0.643. The second-order valence-electron chi connectivity index (χ2n) is 5.08. The number of aromatic nitrogens is 2. The van der Waals surface area contributed by atoms with Gasteiger partial charge in [-0.25, -0.2) is 9.97 Å². The fourth-order valence-electron chi connectivity index (χ4n) is 2.43. The second kappa shape index (κ2) is 6.89. The molecule has 1 aliphatic rings. The zero-order chi connectivity index (χ0) is 13.7. The molecule has 1 N–H and O–H groups in total. The summed E-state index contributed by atoms with van der Waals surface area (Å²) in [5.41, 5.74) is 2.87. The molecule has 1 atom stereocenters. The molecule has 0 spiro atoms. The van der Waals surface area contributed by atoms with Crippen molar-refractivity contribution in [1.29, 1.82) is 0 Å². The van der Waals surface area contributed by atoms with Gasteiger partial charge >= 0.3 is 0 Å². The normalized spacial score (nSPS) is 23.1. The van der Waals surface area contributed by atoms with Crippen LogP contribution in [0.3, 0.4) is 0 Å². The summed E-state index contributed by atoms with van der Waals surface area (Å²) in [7, 11) is 0. The van der Waals surface area contributed by atoms with Gasteiger partial charge in [0, 0.05) is 11.4 Å². The van der Waals surface area contributed by atoms with E-state index in [1.165, 1.54) is 19.3 Å². The van der Waals surface area contributed by atoms with Crippen molar-refractivity contribution >= 4 is 17.5 Å². The van der Waals surface area contributed by atoms with Crippen LogP contribution in [0.4, 0.5) is 0 Å². The van der Waals surface area contributed by atoms with Crippen molar-refractivity contribution in [3.05, 3.63) is 17.5 Å². The topological polar surface area (TPSA) is 58.4 Å². The van der Waals surface area contributed by atoms with Gasteiger partial charge in [-0.05, 0) is 39.2 Å². The Morgan fingerprint density at radius 2 is 1.84 bits per heavy atom. The predicted molar refractivity (Wildman–Crippen MR) is 78.1 cm³/mol. The van der Waals surface area contributed by atoms with Crippen molar-refractivity contribution < 1.29 is 5.21 Å². The van der Waals surface area contributed by atoms with Crippen molar-refractivity contribution in [3.63, 3.8) is 0 Å². The van der Waals surface area contributed by atoms with Crippen LogP contribution in [0.15, 0.2) is 16.4 Å². The number of nitrogens with zero attached hydrogens (tertiary/aromatic N) is 3. The average Bonchev–Trinajstić information content (AvgIpc) is 2.32. The Hall–Kier alpha value is -1.10. The average molecular weight is 279 g/mol. The van der Waals surface area contributed by atoms with Gasteiger partial charge in [0.2, 0.25) is 0 Å². The third-order valence-corrected chi connectivity index (χ3v) is 4.54. The molecule has 4 nitrogen and oxygen atoms in total. The van der Waals surface area contributed by atoms with Crippen LogP contribution in [0.25, 0.3) is 0 Å². The first-order valence-corrected chi connectivity index (χ1v) is 7.77. The molecule has 1 unspecified atom stereocenters. The molecule has 0 radical (unpaired) electrons. The van der Waals surface area contributed by atoms with E-state index in [0.29, 0.717) is 0 Å². The summed E-state index contributed by atoms with van der Waals surface area (Å²) >= 11 is 1.64. The van der Waals surface area contributed by atoms with E-state index in [0.717, 1.165) is 41.5 Å². The summed E-state index contributed by atoms with van der Waals surface area (Å²) in [6, 6.07) is 1.98. The molecule has 1 aliphatic carbocycles. The first-order chi connectivity index (χ1) is 9.19. The molecule has 0 aromatic carbocycles. The zero-order valence-electron chi connectivity index (χ0n) is 11.6. The predicted octanol–water partition coefficient (Wildman–Crippen LogP) is 3.74. The molecule has 0 aliphatic heterocycles. The third kappa shape index (κ3) is 4.20. The highest BCUT2D eigenvalue weighted by molar-refractivity contribution is 8.00. The first-order valence-electron chi connectivity index (χ1n) is 6.89. The highest BCUT2D eigenvalue weighted by atomic mass is 32.2. The quantitative estimate of drug-likeness (QED) is 0.509. The van der Waals surface area contributed by atoms with Gasteiger partial charge in [-0.3, -0.25) is 0 Å². The van der Waals surface area contributed by atoms with E-state index in [4.69, 9.17) is 0 Å². The lowest BCUT2D eigenvalue weighted by Crippen LogP contribution is -2.19. The smallest absolute Gasteiger partial charge is 0.188 e. The number of hydrogen-bond donors (Lipinski definition) is 1. The largest absolute Gasteiger partial charge is 0.411 e. The summed E-state index contributed by atoms with van der Waals surface area (Å²) in [5.74, 6) is 0. The molecule has 1 heterocycles. The molecule has 0 bridgehead atoms. The Morgan fingerprint density at radius 1 is 1.16 bits per heavy atom. The van der Waals surface area contributed by atoms with Gasteiger partial charge in [0.05, 0.1) is 11.0 Å². The number of thioether (sulfide) groups is 1. The molecule has 0 saturated heterocycles. The first kappa shape index (κ1) is 14.3. The summed E-state index contributed by atoms with van der Waals surface area (Å²) in [4.78, 5) is 8.93. The SMILES string of the molecule is Cc1cc(C)nc(SC2CCCCCCC2=NO)n1. The van der Waals surface area contributed by atoms with Crippen molar-refractivity contribution in [1.82, 2.24) is 9.97 Å². The Kier molecular flexibility index (Phi) is 5.19. The molecule has 1 aromatic rings. The van der Waals surface area contributed by atoms with Crippen LogP contribution in [0.5, 0.6) is 0 Å². The molecule has 1 fully saturated rings. The summed E-state index contributed by atoms with van der Waals surface area (Å²) < 4.78 is 0. The highest BCUT2D eigenvalue weighted by Gasteiger charge is 2.21. The molecular formula is C14H21N3OS. The maximum Gasteiger partial charge on any atom is 0.188 e. The van der Waals surface area contributed by atoms with Gasteiger partial charge in [-0.1, -0.05) is 36.2 Å². The molecule has 19 heavy (non-hydrogen) atoms. The fourth-order valence-corrected chi connectivity index (χ4v) is 3.67. The lowest BCUT2D eigenvalue weighted by Gasteiger charge is -2.19. The second-order valence-corrected chi connectivity index (χ2v) is 6.25. The molecule has 1 saturated carbocycles. The number of aryl methyl sites for hydroxylation is 2. The molecule has 0 amide bonds. The minimum atomic E-state index is 0.214. The lowest BCUT2D eigenvalue weighted by molar-refractivity contribution is 0.315. The molecule has 1 aromatic heterocycles. The summed E-state index contributed by atoms with van der Waals surface area (Å²) in [5, 5.41) is 13.7. The molecule has 104 valence electrons. The van der Waals surface area contributed by atoms with Crippen molar-refractivity contribution in [2.45, 2.75) is 62.8 Å².